The molecule has 0 spiro atoms. The molecular formula is C19H14ClN3O5. The van der Waals surface area contributed by atoms with Crippen LogP contribution in [0.4, 0.5) is 11.4 Å². The molecule has 0 saturated carbocycles. The van der Waals surface area contributed by atoms with Gasteiger partial charge in [0.1, 0.15) is 12.2 Å². The molecule has 2 amide bonds. The second kappa shape index (κ2) is 7.93. The summed E-state index contributed by atoms with van der Waals surface area (Å²) in [6, 6.07) is 11.0. The molecule has 1 aliphatic heterocycles. The molecule has 1 heterocycles. The van der Waals surface area contributed by atoms with Gasteiger partial charge in [0.25, 0.3) is 11.8 Å². The van der Waals surface area contributed by atoms with Crippen molar-refractivity contribution in [2.75, 3.05) is 11.6 Å². The van der Waals surface area contributed by atoms with Crippen molar-refractivity contribution in [2.45, 2.75) is 0 Å². The molecule has 2 aromatic rings. The van der Waals surface area contributed by atoms with Gasteiger partial charge in [-0.1, -0.05) is 42.5 Å². The highest BCUT2D eigenvalue weighted by atomic mass is 35.5. The van der Waals surface area contributed by atoms with E-state index in [1.807, 2.05) is 0 Å². The zero-order valence-electron chi connectivity index (χ0n) is 14.4. The monoisotopic (exact) mass is 399 g/mol. The summed E-state index contributed by atoms with van der Waals surface area (Å²) in [4.78, 5) is 35.7. The van der Waals surface area contributed by atoms with Gasteiger partial charge in [-0.05, 0) is 24.3 Å². The number of nitro groups is 1. The van der Waals surface area contributed by atoms with Gasteiger partial charge in [-0.15, -0.1) is 0 Å². The van der Waals surface area contributed by atoms with Crippen LogP contribution in [0.25, 0.3) is 6.08 Å². The second-order valence-electron chi connectivity index (χ2n) is 5.68. The van der Waals surface area contributed by atoms with Gasteiger partial charge in [0.15, 0.2) is 0 Å². The number of para-hydroxylation sites is 1. The van der Waals surface area contributed by atoms with Crippen molar-refractivity contribution < 1.29 is 19.2 Å². The summed E-state index contributed by atoms with van der Waals surface area (Å²) in [6.45, 7) is 3.50. The lowest BCUT2D eigenvalue weighted by atomic mass is 10.1. The lowest BCUT2D eigenvalue weighted by Crippen LogP contribution is -2.35. The summed E-state index contributed by atoms with van der Waals surface area (Å²) in [5, 5.41) is 12.5. The van der Waals surface area contributed by atoms with Crippen LogP contribution in [0.2, 0.25) is 5.02 Å². The van der Waals surface area contributed by atoms with E-state index in [2.05, 4.69) is 12.0 Å². The quantitative estimate of drug-likeness (QED) is 0.264. The normalized spacial score (nSPS) is 14.9. The van der Waals surface area contributed by atoms with Crippen molar-refractivity contribution in [2.24, 2.45) is 0 Å². The Balaban J connectivity index is 2.07. The number of anilines is 1. The molecule has 9 heteroatoms. The molecule has 2 aromatic carbocycles. The fourth-order valence-corrected chi connectivity index (χ4v) is 2.83. The molecule has 1 saturated heterocycles. The van der Waals surface area contributed by atoms with Crippen molar-refractivity contribution in [3.63, 3.8) is 0 Å². The van der Waals surface area contributed by atoms with Gasteiger partial charge in [-0.25, -0.2) is 5.01 Å². The number of carbonyl (C=O) groups is 2. The number of amides is 2. The molecule has 0 atom stereocenters. The summed E-state index contributed by atoms with van der Waals surface area (Å²) in [6.07, 6.45) is 2.64. The summed E-state index contributed by atoms with van der Waals surface area (Å²) in [7, 11) is 0. The number of rotatable bonds is 6. The molecule has 8 nitrogen and oxygen atoms in total. The van der Waals surface area contributed by atoms with E-state index in [1.54, 1.807) is 30.3 Å². The van der Waals surface area contributed by atoms with Gasteiger partial charge in [-0.3, -0.25) is 25.1 Å². The topological polar surface area (TPSA) is 102 Å². The largest absolute Gasteiger partial charge is 0.482 e. The van der Waals surface area contributed by atoms with Crippen molar-refractivity contribution >= 4 is 40.9 Å². The van der Waals surface area contributed by atoms with Crippen molar-refractivity contribution in [1.82, 2.24) is 5.43 Å². The van der Waals surface area contributed by atoms with Crippen molar-refractivity contribution in [3.8, 4) is 5.75 Å². The fraction of sp³-hybridized carbons (Fsp3) is 0.0526. The van der Waals surface area contributed by atoms with Gasteiger partial charge < -0.3 is 4.74 Å². The second-order valence-corrected chi connectivity index (χ2v) is 6.11. The molecule has 1 aliphatic rings. The first-order valence-electron chi connectivity index (χ1n) is 8.06. The van der Waals surface area contributed by atoms with E-state index in [1.165, 1.54) is 18.2 Å². The Morgan fingerprint density at radius 3 is 2.61 bits per heavy atom. The number of carbonyl (C=O) groups excluding carboxylic acids is 2. The summed E-state index contributed by atoms with van der Waals surface area (Å²) in [5.74, 6) is -1.36. The lowest BCUT2D eigenvalue weighted by molar-refractivity contribution is -0.385. The molecule has 3 rings (SSSR count). The van der Waals surface area contributed by atoms with Crippen molar-refractivity contribution in [1.29, 1.82) is 0 Å². The van der Waals surface area contributed by atoms with Crippen LogP contribution in [0.3, 0.4) is 0 Å². The summed E-state index contributed by atoms with van der Waals surface area (Å²) in [5.41, 5.74) is 2.48. The maximum absolute atomic E-state index is 12.7. The molecule has 0 aliphatic carbocycles. The Morgan fingerprint density at radius 2 is 1.96 bits per heavy atom. The Kier molecular flexibility index (Phi) is 5.42. The average Bonchev–Trinajstić information content (AvgIpc) is 2.95. The Hall–Kier alpha value is -3.65. The van der Waals surface area contributed by atoms with Gasteiger partial charge in [0.05, 0.1) is 10.6 Å². The van der Waals surface area contributed by atoms with E-state index < -0.39 is 16.7 Å². The molecule has 1 N–H and O–H groups in total. The smallest absolute Gasteiger partial charge is 0.313 e. The Labute approximate surface area is 164 Å². The van der Waals surface area contributed by atoms with Crippen LogP contribution in [0.15, 0.2) is 60.7 Å². The van der Waals surface area contributed by atoms with Crippen LogP contribution in [-0.2, 0) is 9.59 Å². The SMILES string of the molecule is C=CCOc1c(C=C2C(=O)NN(c3ccccc3)C2=O)cc(Cl)cc1[N+](=O)[O-]. The van der Waals surface area contributed by atoms with Gasteiger partial charge >= 0.3 is 5.69 Å². The number of hydrogen-bond acceptors (Lipinski definition) is 5. The predicted octanol–water partition coefficient (Wildman–Crippen LogP) is 3.27. The van der Waals surface area contributed by atoms with Crippen LogP contribution in [0.5, 0.6) is 5.75 Å². The minimum absolute atomic E-state index is 0.00503. The van der Waals surface area contributed by atoms with Crippen LogP contribution in [-0.4, -0.2) is 23.3 Å². The number of ether oxygens (including phenoxy) is 1. The molecule has 142 valence electrons. The minimum atomic E-state index is -0.654. The third-order valence-electron chi connectivity index (χ3n) is 3.81. The van der Waals surface area contributed by atoms with Gasteiger partial charge in [-0.2, -0.15) is 0 Å². The van der Waals surface area contributed by atoms with Gasteiger partial charge in [0.2, 0.25) is 5.75 Å². The molecule has 28 heavy (non-hydrogen) atoms. The van der Waals surface area contributed by atoms with E-state index in [0.29, 0.717) is 5.69 Å². The third-order valence-corrected chi connectivity index (χ3v) is 4.03. The van der Waals surface area contributed by atoms with Gasteiger partial charge in [0, 0.05) is 16.7 Å². The van der Waals surface area contributed by atoms with E-state index in [4.69, 9.17) is 16.3 Å². The van der Waals surface area contributed by atoms with E-state index in [0.717, 1.165) is 11.1 Å². The van der Waals surface area contributed by atoms with Crippen molar-refractivity contribution in [3.05, 3.63) is 81.4 Å². The number of halogens is 1. The van der Waals surface area contributed by atoms with Crippen LogP contribution in [0, 0.1) is 10.1 Å². The number of nitrogens with one attached hydrogen (secondary N) is 1. The lowest BCUT2D eigenvalue weighted by Gasteiger charge is -2.14. The highest BCUT2D eigenvalue weighted by Crippen LogP contribution is 2.36. The first-order chi connectivity index (χ1) is 13.4. The molecule has 0 bridgehead atoms. The summed E-state index contributed by atoms with van der Waals surface area (Å²) < 4.78 is 5.41. The minimum Gasteiger partial charge on any atom is -0.482 e. The maximum atomic E-state index is 12.7. The number of hydrogen-bond donors (Lipinski definition) is 1. The zero-order valence-corrected chi connectivity index (χ0v) is 15.2. The Bertz CT molecular complexity index is 1000. The Morgan fingerprint density at radius 1 is 1.25 bits per heavy atom. The zero-order chi connectivity index (χ0) is 20.3. The first-order valence-corrected chi connectivity index (χ1v) is 8.44. The first kappa shape index (κ1) is 19.1. The fourth-order valence-electron chi connectivity index (χ4n) is 2.61. The molecule has 1 fully saturated rings. The van der Waals surface area contributed by atoms with E-state index in [-0.39, 0.29) is 34.2 Å². The third kappa shape index (κ3) is 3.72. The molecule has 0 aromatic heterocycles. The van der Waals surface area contributed by atoms with E-state index in [9.17, 15) is 19.7 Å². The van der Waals surface area contributed by atoms with Crippen LogP contribution >= 0.6 is 11.6 Å². The molecular weight excluding hydrogens is 386 g/mol. The number of benzene rings is 2. The molecule has 0 radical (unpaired) electrons. The predicted molar refractivity (Wildman–Crippen MR) is 104 cm³/mol. The average molecular weight is 400 g/mol. The number of hydrazine groups is 1. The van der Waals surface area contributed by atoms with E-state index >= 15 is 0 Å². The van der Waals surface area contributed by atoms with Crippen LogP contribution in [0.1, 0.15) is 5.56 Å². The number of nitro benzene ring substituents is 1. The standard InChI is InChI=1S/C19H14ClN3O5/c1-2-8-28-17-12(9-13(20)11-16(17)23(26)27)10-15-18(24)21-22(19(15)25)14-6-4-3-5-7-14/h2-7,9-11H,1,8H2,(H,21,24). The summed E-state index contributed by atoms with van der Waals surface area (Å²) >= 11 is 5.98. The number of nitrogens with zero attached hydrogens (tertiary/aromatic N) is 2. The van der Waals surface area contributed by atoms with Crippen LogP contribution < -0.4 is 15.2 Å². The highest BCUT2D eigenvalue weighted by Gasteiger charge is 2.35. The highest BCUT2D eigenvalue weighted by molar-refractivity contribution is 6.32. The maximum Gasteiger partial charge on any atom is 0.313 e. The molecule has 0 unspecified atom stereocenters.